The van der Waals surface area contributed by atoms with Crippen LogP contribution >= 0.6 is 0 Å². The average Bonchev–Trinajstić information content (AvgIpc) is 1.67. The van der Waals surface area contributed by atoms with Crippen molar-refractivity contribution in [2.75, 3.05) is 26.9 Å². The van der Waals surface area contributed by atoms with Crippen molar-refractivity contribution in [3.63, 3.8) is 0 Å². The molecule has 0 radical (unpaired) electrons. The molecule has 8 aromatic carbocycles. The Labute approximate surface area is 845 Å². The van der Waals surface area contributed by atoms with Crippen molar-refractivity contribution >= 4 is 12.1 Å². The van der Waals surface area contributed by atoms with Crippen molar-refractivity contribution in [3.8, 4) is 40.2 Å². The number of hydrogen-bond donors (Lipinski definition) is 0. The second-order valence-corrected chi connectivity index (χ2v) is 41.1. The minimum Gasteiger partial charge on any atom is -0.488 e. The van der Waals surface area contributed by atoms with Gasteiger partial charge >= 0.3 is 12.1 Å². The quantitative estimate of drug-likeness (QED) is 0.0202. The summed E-state index contributed by atoms with van der Waals surface area (Å²) in [6, 6.07) is 65.5. The molecule has 0 amide bonds. The first-order chi connectivity index (χ1) is 65.8. The zero-order chi connectivity index (χ0) is 104. The molecule has 2 saturated carbocycles. The maximum absolute atomic E-state index is 11.8. The molecule has 16 unspecified atom stereocenters. The van der Waals surface area contributed by atoms with Gasteiger partial charge in [0.2, 0.25) is 12.6 Å². The largest absolute Gasteiger partial charge is 0.514 e. The summed E-state index contributed by atoms with van der Waals surface area (Å²) < 4.78 is 78.0. The summed E-state index contributed by atoms with van der Waals surface area (Å²) in [6.45, 7) is 75.0. The molecule has 139 heavy (non-hydrogen) atoms. The Hall–Kier alpha value is -8.90. The van der Waals surface area contributed by atoms with Gasteiger partial charge in [0.15, 0.2) is 18.9 Å². The van der Waals surface area contributed by atoms with Crippen LogP contribution in [0.25, 0.3) is 0 Å². The van der Waals surface area contributed by atoms with Gasteiger partial charge in [-0.15, -0.1) is 0 Å². The fourth-order valence-electron chi connectivity index (χ4n) is 15.1. The first-order valence-electron chi connectivity index (χ1n) is 52.8. The van der Waals surface area contributed by atoms with Crippen molar-refractivity contribution in [2.45, 2.75) is 428 Å². The second kappa shape index (κ2) is 66.0. The molecule has 10 rings (SSSR count). The predicted molar refractivity (Wildman–Crippen MR) is 579 cm³/mol. The van der Waals surface area contributed by atoms with Crippen molar-refractivity contribution < 1.29 is 75.9 Å². The minimum atomic E-state index is -0.668. The number of hydrogen-bond acceptors (Lipinski definition) is 16. The Bertz CT molecular complexity index is 4410. The third-order valence-corrected chi connectivity index (χ3v) is 25.3. The van der Waals surface area contributed by atoms with Crippen LogP contribution in [0.2, 0.25) is 0 Å². The maximum atomic E-state index is 11.8. The van der Waals surface area contributed by atoms with Crippen molar-refractivity contribution in [2.24, 2.45) is 23.7 Å². The summed E-state index contributed by atoms with van der Waals surface area (Å²) >= 11 is 0. The van der Waals surface area contributed by atoms with Gasteiger partial charge in [0.05, 0.1) is 11.7 Å². The number of fused-ring (bicyclic) bond motifs is 2. The molecule has 0 aromatic heterocycles. The predicted octanol–water partition coefficient (Wildman–Crippen LogP) is 35.3. The van der Waals surface area contributed by atoms with E-state index in [0.717, 1.165) is 91.3 Å². The van der Waals surface area contributed by atoms with E-state index in [0.29, 0.717) is 96.4 Å². The number of esters is 1. The summed E-state index contributed by atoms with van der Waals surface area (Å²) in [4.78, 5) is 23.2. The highest BCUT2D eigenvalue weighted by molar-refractivity contribution is 5.89. The molecule has 8 aromatic rings. The van der Waals surface area contributed by atoms with Crippen LogP contribution in [0.5, 0.6) is 40.2 Å². The first-order valence-corrected chi connectivity index (χ1v) is 52.8. The highest BCUT2D eigenvalue weighted by atomic mass is 16.7. The van der Waals surface area contributed by atoms with Gasteiger partial charge in [0, 0.05) is 45.2 Å². The van der Waals surface area contributed by atoms with Crippen LogP contribution < -0.4 is 33.2 Å². The molecule has 0 saturated heterocycles. The van der Waals surface area contributed by atoms with Gasteiger partial charge in [-0.1, -0.05) is 242 Å². The molecule has 778 valence electrons. The number of rotatable bonds is 41. The standard InChI is InChI=1S/C21H32O2.C15H22O3.C15H22O2.2C15H24O2.2C14H22O2.C14H22O/c1-5-15(4)17-8-10-19(11-9-17)22-21(14(2)3)23-20-13-16-6-7-18(20)12-16;1-6-11(2)12-7-9-13(10-8-12)17-14(16)18-15(3,4)5;1-6-11(2)12-7-9-13(10-8-12)14(16)17-15(3,4)5;1-6-12(4)13-7-9-14(10-8-13)17-15(16-5)11(2)3;1-5-12(4)13-8-10-14(11-9-13)17-15(6-2)16-7-3;2*1-5-11(3)13-7-9-14(10-8-13)16-12(4)15-6-2;1-6-11(2)12-7-9-13(10-8-12)15-14(3,4)5/h8-11,14-16,18,20-21H,5-7,12-13H2,1-4H3;7-11H,6H2,1-5H3;7-11H,6H2,1-5H3;7-12,15H,6H2,1-5H3;8-12,15H,5-7H2,1-4H3;2*7-12H,5-6H2,1-4H3;7-11H,6H2,1-5H3. The number of methoxy groups -OCH3 is 1. The van der Waals surface area contributed by atoms with E-state index < -0.39 is 17.4 Å². The topological polar surface area (TPSA) is 163 Å². The SMILES string of the molecule is CCC(C)c1ccc(C(=O)OC(C)(C)C)cc1.CCC(C)c1ccc(OC(=O)OC(C)(C)C)cc1.CCC(C)c1ccc(OC(C)(C)C)cc1.CCC(C)c1ccc(OC(OC)C(C)C)cc1.CCC(C)c1ccc(OC(OC2CC3CCC2C3)C(C)C)cc1.CCOC(C)Oc1ccc(C(C)CC)cc1.CCOC(C)Oc1ccc(C(C)CC)cc1.CCOC(CC)Oc1ccc(C(C)CC)cc1. The van der Waals surface area contributed by atoms with Gasteiger partial charge in [0.1, 0.15) is 57.0 Å². The molecule has 2 bridgehead atoms. The van der Waals surface area contributed by atoms with Crippen LogP contribution in [0.1, 0.15) is 428 Å². The Balaban J connectivity index is 0.000000410. The van der Waals surface area contributed by atoms with Crippen LogP contribution in [-0.2, 0) is 33.2 Å². The lowest BCUT2D eigenvalue weighted by Gasteiger charge is -2.30. The van der Waals surface area contributed by atoms with Gasteiger partial charge < -0.3 is 66.3 Å². The monoisotopic (exact) mass is 1920 g/mol. The van der Waals surface area contributed by atoms with E-state index in [1.807, 2.05) is 140 Å². The third-order valence-electron chi connectivity index (χ3n) is 25.3. The summed E-state index contributed by atoms with van der Waals surface area (Å²) in [7, 11) is 1.68. The summed E-state index contributed by atoms with van der Waals surface area (Å²) in [6.07, 6.45) is 14.4. The zero-order valence-corrected chi connectivity index (χ0v) is 93.2. The lowest BCUT2D eigenvalue weighted by Crippen LogP contribution is -2.34. The van der Waals surface area contributed by atoms with Gasteiger partial charge in [-0.2, -0.15) is 0 Å². The van der Waals surface area contributed by atoms with E-state index in [9.17, 15) is 9.59 Å². The van der Waals surface area contributed by atoms with Crippen LogP contribution in [0.15, 0.2) is 194 Å². The lowest BCUT2D eigenvalue weighted by molar-refractivity contribution is -0.155. The first kappa shape index (κ1) is 124. The van der Waals surface area contributed by atoms with E-state index in [-0.39, 0.29) is 43.0 Å². The van der Waals surface area contributed by atoms with Gasteiger partial charge in [-0.25, -0.2) is 9.59 Å². The van der Waals surface area contributed by atoms with Crippen molar-refractivity contribution in [3.05, 3.63) is 244 Å². The number of benzene rings is 8. The average molecular weight is 1920 g/mol. The van der Waals surface area contributed by atoms with Gasteiger partial charge in [-0.3, -0.25) is 0 Å². The second-order valence-electron chi connectivity index (χ2n) is 41.1. The van der Waals surface area contributed by atoms with Gasteiger partial charge in [0.25, 0.3) is 0 Å². The third kappa shape index (κ3) is 50.1. The smallest absolute Gasteiger partial charge is 0.488 e. The van der Waals surface area contributed by atoms with Gasteiger partial charge in [-0.05, 0) is 375 Å². The normalized spacial score (nSPS) is 16.5. The fourth-order valence-corrected chi connectivity index (χ4v) is 15.1. The fraction of sp³-hybridized carbons (Fsp3) is 0.593. The Morgan fingerprint density at radius 3 is 0.835 bits per heavy atom. The highest BCUT2D eigenvalue weighted by Gasteiger charge is 2.42. The molecule has 0 N–H and O–H groups in total. The van der Waals surface area contributed by atoms with E-state index >= 15 is 0 Å². The van der Waals surface area contributed by atoms with Crippen LogP contribution in [-0.4, -0.2) is 93.4 Å². The van der Waals surface area contributed by atoms with E-state index in [1.54, 1.807) is 40.0 Å². The minimum absolute atomic E-state index is 0.113. The van der Waals surface area contributed by atoms with E-state index in [1.165, 1.54) is 83.0 Å². The molecule has 2 aliphatic rings. The molecule has 16 heteroatoms. The Morgan fingerprint density at radius 1 is 0.302 bits per heavy atom. The summed E-state index contributed by atoms with van der Waals surface area (Å²) in [5, 5.41) is 0. The number of ether oxygens (including phenoxy) is 14. The molecule has 0 aliphatic heterocycles. The van der Waals surface area contributed by atoms with Crippen molar-refractivity contribution in [1.29, 1.82) is 0 Å². The van der Waals surface area contributed by atoms with Crippen LogP contribution in [0.4, 0.5) is 4.79 Å². The highest BCUT2D eigenvalue weighted by Crippen LogP contribution is 2.47. The lowest BCUT2D eigenvalue weighted by atomic mass is 9.97. The molecular weight excluding hydrogens is 1730 g/mol. The Kier molecular flexibility index (Phi) is 59.0. The van der Waals surface area contributed by atoms with Crippen LogP contribution in [0.3, 0.4) is 0 Å². The molecule has 0 heterocycles. The maximum Gasteiger partial charge on any atom is 0.514 e. The van der Waals surface area contributed by atoms with E-state index in [2.05, 4.69) is 263 Å². The van der Waals surface area contributed by atoms with Crippen LogP contribution in [0, 0.1) is 23.7 Å². The Morgan fingerprint density at radius 2 is 0.583 bits per heavy atom. The van der Waals surface area contributed by atoms with Crippen molar-refractivity contribution in [1.82, 2.24) is 0 Å². The van der Waals surface area contributed by atoms with E-state index in [4.69, 9.17) is 66.3 Å². The molecular formula is C123H190O16. The molecule has 2 fully saturated rings. The summed E-state index contributed by atoms with van der Waals surface area (Å²) in [5.74, 6) is 12.7. The molecule has 0 spiro atoms. The molecule has 16 nitrogen and oxygen atoms in total. The molecule has 2 aliphatic carbocycles. The molecule has 16 atom stereocenters. The summed E-state index contributed by atoms with van der Waals surface area (Å²) in [5.41, 5.74) is 10.3. The number of carbonyl (C=O) groups is 2. The zero-order valence-electron chi connectivity index (χ0n) is 93.2. The number of carbonyl (C=O) groups excluding carboxylic acids is 2.